The number of rotatable bonds is 10. The van der Waals surface area contributed by atoms with Crippen molar-refractivity contribution in [1.82, 2.24) is 19.5 Å². The molecule has 0 fully saturated rings. The largest absolute Gasteiger partial charge is 0.473 e. The van der Waals surface area contributed by atoms with Gasteiger partial charge in [-0.05, 0) is 48.0 Å². The number of aliphatic hydroxyl groups excluding tert-OH is 1. The number of aromatic nitrogens is 4. The van der Waals surface area contributed by atoms with Gasteiger partial charge in [0.05, 0.1) is 23.3 Å². The van der Waals surface area contributed by atoms with Gasteiger partial charge in [0.2, 0.25) is 11.8 Å². The third kappa shape index (κ3) is 5.96. The van der Waals surface area contributed by atoms with Crippen molar-refractivity contribution in [2.24, 2.45) is 0 Å². The lowest BCUT2D eigenvalue weighted by Crippen LogP contribution is -2.10. The summed E-state index contributed by atoms with van der Waals surface area (Å²) in [5, 5.41) is 19.1. The summed E-state index contributed by atoms with van der Waals surface area (Å²) in [6, 6.07) is 14.5. The quantitative estimate of drug-likeness (QED) is 0.192. The highest BCUT2D eigenvalue weighted by Gasteiger charge is 2.18. The molecule has 206 valence electrons. The maximum atomic E-state index is 15.3. The van der Waals surface area contributed by atoms with Crippen LogP contribution in [0.25, 0.3) is 22.3 Å². The first-order valence-electron chi connectivity index (χ1n) is 12.3. The normalized spacial score (nSPS) is 11.5. The lowest BCUT2D eigenvalue weighted by molar-refractivity contribution is -0.0424. The Kier molecular flexibility index (Phi) is 8.06. The predicted octanol–water partition coefficient (Wildman–Crippen LogP) is 4.71. The molecule has 3 aromatic heterocycles. The molecule has 0 atom stereocenters. The van der Waals surface area contributed by atoms with Crippen LogP contribution in [0.3, 0.4) is 0 Å². The maximum Gasteiger partial charge on any atom is 0.214 e. The number of methoxy groups -OCH3 is 1. The van der Waals surface area contributed by atoms with Crippen LogP contribution in [-0.2, 0) is 24.3 Å². The first-order chi connectivity index (χ1) is 19.3. The summed E-state index contributed by atoms with van der Waals surface area (Å²) >= 11 is 0. The molecule has 0 aliphatic carbocycles. The Morgan fingerprint density at radius 2 is 1.80 bits per heavy atom. The van der Waals surface area contributed by atoms with E-state index < -0.39 is 23.9 Å². The fourth-order valence-corrected chi connectivity index (χ4v) is 4.30. The zero-order valence-corrected chi connectivity index (χ0v) is 21.4. The molecule has 0 spiro atoms. The van der Waals surface area contributed by atoms with Gasteiger partial charge in [0.15, 0.2) is 6.29 Å². The van der Waals surface area contributed by atoms with Crippen molar-refractivity contribution in [3.8, 4) is 17.1 Å². The number of imidazole rings is 1. The van der Waals surface area contributed by atoms with Gasteiger partial charge in [0.25, 0.3) is 0 Å². The molecule has 0 unspecified atom stereocenters. The molecule has 8 nitrogen and oxygen atoms in total. The summed E-state index contributed by atoms with van der Waals surface area (Å²) in [5.74, 6) is -1.27. The number of hydrogen-bond acceptors (Lipinski definition) is 7. The van der Waals surface area contributed by atoms with Crippen LogP contribution < -0.4 is 4.74 Å². The monoisotopic (exact) mass is 550 g/mol. The lowest BCUT2D eigenvalue weighted by atomic mass is 10.0. The van der Waals surface area contributed by atoms with Crippen LogP contribution in [0.1, 0.15) is 28.8 Å². The van der Waals surface area contributed by atoms with E-state index in [1.54, 1.807) is 48.1 Å². The zero-order valence-electron chi connectivity index (χ0n) is 21.4. The van der Waals surface area contributed by atoms with Gasteiger partial charge in [-0.15, -0.1) is 0 Å². The Morgan fingerprint density at radius 3 is 2.55 bits per heavy atom. The van der Waals surface area contributed by atoms with Crippen molar-refractivity contribution < 1.29 is 32.9 Å². The Balaban J connectivity index is 1.41. The van der Waals surface area contributed by atoms with Crippen LogP contribution in [0.15, 0.2) is 66.9 Å². The summed E-state index contributed by atoms with van der Waals surface area (Å²) in [7, 11) is 1.55. The highest BCUT2D eigenvalue weighted by Crippen LogP contribution is 2.28. The van der Waals surface area contributed by atoms with Gasteiger partial charge < -0.3 is 24.3 Å². The number of fused-ring (bicyclic) bond motifs is 1. The van der Waals surface area contributed by atoms with Gasteiger partial charge in [-0.25, -0.2) is 23.7 Å². The maximum absolute atomic E-state index is 15.3. The highest BCUT2D eigenvalue weighted by molar-refractivity contribution is 5.77. The number of halogens is 3. The Bertz CT molecular complexity index is 1640. The molecule has 2 N–H and O–H groups in total. The number of pyridine rings is 2. The second kappa shape index (κ2) is 11.8. The van der Waals surface area contributed by atoms with E-state index in [-0.39, 0.29) is 41.3 Å². The fourth-order valence-electron chi connectivity index (χ4n) is 4.30. The van der Waals surface area contributed by atoms with Gasteiger partial charge in [0, 0.05) is 49.0 Å². The summed E-state index contributed by atoms with van der Waals surface area (Å²) in [6.45, 7) is 0.782. The van der Waals surface area contributed by atoms with Crippen LogP contribution in [0, 0.1) is 17.6 Å². The molecule has 0 radical (unpaired) electrons. The fraction of sp³-hybridized carbons (Fsp3) is 0.207. The van der Waals surface area contributed by atoms with E-state index in [0.29, 0.717) is 35.6 Å². The summed E-state index contributed by atoms with van der Waals surface area (Å²) < 4.78 is 56.2. The molecule has 3 heterocycles. The molecule has 0 bridgehead atoms. The average Bonchev–Trinajstić information content (AvgIpc) is 3.29. The van der Waals surface area contributed by atoms with Crippen molar-refractivity contribution in [2.75, 3.05) is 13.7 Å². The van der Waals surface area contributed by atoms with Crippen molar-refractivity contribution in [3.63, 3.8) is 0 Å². The number of ether oxygens (including phenoxy) is 2. The number of nitrogens with zero attached hydrogens (tertiary/aromatic N) is 4. The minimum absolute atomic E-state index is 0.0132. The summed E-state index contributed by atoms with van der Waals surface area (Å²) in [4.78, 5) is 12.4. The number of aliphatic hydroxyl groups is 2. The molecular weight excluding hydrogens is 525 g/mol. The SMILES string of the molecule is COCCn1c(Cc2cc(F)c(-c3cccc(OCc4ccc(F)nc4)n3)cc2F)nc2ccc(C(O)O)cc21. The third-order valence-electron chi connectivity index (χ3n) is 6.33. The van der Waals surface area contributed by atoms with Gasteiger partial charge in [-0.3, -0.25) is 0 Å². The second-order valence-corrected chi connectivity index (χ2v) is 9.03. The molecule has 5 aromatic rings. The van der Waals surface area contributed by atoms with Gasteiger partial charge in [-0.2, -0.15) is 4.39 Å². The molecule has 40 heavy (non-hydrogen) atoms. The van der Waals surface area contributed by atoms with E-state index in [2.05, 4.69) is 15.0 Å². The molecular formula is C29H25F3N4O4. The average molecular weight is 551 g/mol. The van der Waals surface area contributed by atoms with Crippen molar-refractivity contribution in [1.29, 1.82) is 0 Å². The van der Waals surface area contributed by atoms with E-state index in [0.717, 1.165) is 12.1 Å². The Hall–Kier alpha value is -4.32. The van der Waals surface area contributed by atoms with Gasteiger partial charge >= 0.3 is 0 Å². The van der Waals surface area contributed by atoms with Gasteiger partial charge in [0.1, 0.15) is 24.1 Å². The van der Waals surface area contributed by atoms with Crippen molar-refractivity contribution in [3.05, 3.63) is 107 Å². The van der Waals surface area contributed by atoms with Crippen molar-refractivity contribution in [2.45, 2.75) is 25.9 Å². The van der Waals surface area contributed by atoms with E-state index in [9.17, 15) is 14.6 Å². The Morgan fingerprint density at radius 1 is 0.950 bits per heavy atom. The number of benzene rings is 2. The summed E-state index contributed by atoms with van der Waals surface area (Å²) in [6.07, 6.45) is -0.332. The smallest absolute Gasteiger partial charge is 0.214 e. The standard InChI is InChI=1S/C29H25F3N4O4/c1-39-10-9-36-25-12-18(29(37)38)6-7-24(25)34-27(36)13-19-11-22(31)20(14-21(19)30)23-3-2-4-28(35-23)40-16-17-5-8-26(32)33-15-17/h2-8,11-12,14-15,29,37-38H,9-10,13,16H2,1H3. The lowest BCUT2D eigenvalue weighted by Gasteiger charge is -2.12. The first-order valence-corrected chi connectivity index (χ1v) is 12.3. The highest BCUT2D eigenvalue weighted by atomic mass is 19.1. The topological polar surface area (TPSA) is 103 Å². The van der Waals surface area contributed by atoms with Crippen LogP contribution in [0.4, 0.5) is 13.2 Å². The molecule has 0 amide bonds. The van der Waals surface area contributed by atoms with Crippen LogP contribution >= 0.6 is 0 Å². The van der Waals surface area contributed by atoms with E-state index >= 15 is 8.78 Å². The first kappa shape index (κ1) is 27.3. The Labute approximate surface area is 227 Å². The van der Waals surface area contributed by atoms with Crippen LogP contribution in [0.5, 0.6) is 5.88 Å². The molecule has 0 saturated heterocycles. The molecule has 2 aromatic carbocycles. The molecule has 0 aliphatic rings. The second-order valence-electron chi connectivity index (χ2n) is 9.03. The third-order valence-corrected chi connectivity index (χ3v) is 6.33. The molecule has 0 aliphatic heterocycles. The summed E-state index contributed by atoms with van der Waals surface area (Å²) in [5.41, 5.74) is 2.33. The van der Waals surface area contributed by atoms with Crippen molar-refractivity contribution >= 4 is 11.0 Å². The van der Waals surface area contributed by atoms with E-state index in [4.69, 9.17) is 9.47 Å². The van der Waals surface area contributed by atoms with E-state index in [1.165, 1.54) is 18.3 Å². The van der Waals surface area contributed by atoms with E-state index in [1.807, 2.05) is 0 Å². The van der Waals surface area contributed by atoms with Crippen LogP contribution in [0.2, 0.25) is 0 Å². The van der Waals surface area contributed by atoms with Crippen LogP contribution in [-0.4, -0.2) is 43.4 Å². The molecule has 11 heteroatoms. The minimum atomic E-state index is -1.66. The zero-order chi connectivity index (χ0) is 28.2. The van der Waals surface area contributed by atoms with Gasteiger partial charge in [-0.1, -0.05) is 12.1 Å². The number of hydrogen-bond donors (Lipinski definition) is 2. The molecule has 0 saturated carbocycles. The minimum Gasteiger partial charge on any atom is -0.473 e. The predicted molar refractivity (Wildman–Crippen MR) is 140 cm³/mol. The molecule has 5 rings (SSSR count).